The molecular weight excluding hydrogens is 316 g/mol. The fourth-order valence-electron chi connectivity index (χ4n) is 2.70. The molecule has 4 heteroatoms. The molecule has 0 atom stereocenters. The maximum atomic E-state index is 11.3. The predicted octanol–water partition coefficient (Wildman–Crippen LogP) is 5.12. The molecule has 0 radical (unpaired) electrons. The standard InChI is InChI=1S/C21H40O4/c1-3-5-7-9-11-13-15-24-19-21(17-22,18-23)20-25-16-14-12-10-8-6-4-2/h17-18H,3-16,19-20H2,1-2H3. The summed E-state index contributed by atoms with van der Waals surface area (Å²) >= 11 is 0. The third-order valence-electron chi connectivity index (χ3n) is 4.50. The van der Waals surface area contributed by atoms with Gasteiger partial charge in [0.1, 0.15) is 18.0 Å². The SMILES string of the molecule is CCCCCCCCOCC(C=O)(C=O)COCCCCCCCC. The lowest BCUT2D eigenvalue weighted by atomic mass is 9.94. The lowest BCUT2D eigenvalue weighted by molar-refractivity contribution is -0.135. The molecule has 0 aliphatic carbocycles. The Bertz CT molecular complexity index is 274. The fourth-order valence-corrected chi connectivity index (χ4v) is 2.70. The first kappa shape index (κ1) is 24.3. The topological polar surface area (TPSA) is 52.6 Å². The largest absolute Gasteiger partial charge is 0.380 e. The maximum Gasteiger partial charge on any atom is 0.137 e. The highest BCUT2D eigenvalue weighted by Gasteiger charge is 2.30. The third kappa shape index (κ3) is 14.1. The van der Waals surface area contributed by atoms with E-state index in [1.807, 2.05) is 0 Å². The number of hydrogen-bond donors (Lipinski definition) is 0. The first-order valence-electron chi connectivity index (χ1n) is 10.3. The van der Waals surface area contributed by atoms with Crippen LogP contribution < -0.4 is 0 Å². The van der Waals surface area contributed by atoms with Gasteiger partial charge in [-0.1, -0.05) is 78.1 Å². The van der Waals surface area contributed by atoms with Crippen LogP contribution in [0.3, 0.4) is 0 Å². The molecule has 25 heavy (non-hydrogen) atoms. The molecule has 0 N–H and O–H groups in total. The van der Waals surface area contributed by atoms with Crippen molar-refractivity contribution >= 4 is 12.6 Å². The molecule has 0 unspecified atom stereocenters. The van der Waals surface area contributed by atoms with Crippen LogP contribution in [0.5, 0.6) is 0 Å². The Morgan fingerprint density at radius 1 is 0.600 bits per heavy atom. The molecule has 0 aliphatic heterocycles. The molecule has 0 saturated carbocycles. The molecule has 0 aromatic rings. The van der Waals surface area contributed by atoms with Gasteiger partial charge in [-0.15, -0.1) is 0 Å². The van der Waals surface area contributed by atoms with E-state index in [-0.39, 0.29) is 13.2 Å². The Kier molecular flexibility index (Phi) is 17.5. The fraction of sp³-hybridized carbons (Fsp3) is 0.905. The summed E-state index contributed by atoms with van der Waals surface area (Å²) in [6.45, 7) is 5.88. The highest BCUT2D eigenvalue weighted by atomic mass is 16.5. The Morgan fingerprint density at radius 3 is 1.32 bits per heavy atom. The summed E-state index contributed by atoms with van der Waals surface area (Å²) in [7, 11) is 0. The van der Waals surface area contributed by atoms with Crippen LogP contribution in [0.1, 0.15) is 90.9 Å². The zero-order valence-corrected chi connectivity index (χ0v) is 16.6. The van der Waals surface area contributed by atoms with Crippen molar-refractivity contribution in [1.82, 2.24) is 0 Å². The highest BCUT2D eigenvalue weighted by molar-refractivity contribution is 5.84. The van der Waals surface area contributed by atoms with Crippen molar-refractivity contribution < 1.29 is 19.1 Å². The van der Waals surface area contributed by atoms with E-state index in [9.17, 15) is 9.59 Å². The second-order valence-corrected chi connectivity index (χ2v) is 7.11. The third-order valence-corrected chi connectivity index (χ3v) is 4.50. The summed E-state index contributed by atoms with van der Waals surface area (Å²) in [5, 5.41) is 0. The molecule has 0 amide bonds. The summed E-state index contributed by atoms with van der Waals surface area (Å²) in [4.78, 5) is 22.7. The first-order valence-corrected chi connectivity index (χ1v) is 10.3. The number of aldehydes is 2. The van der Waals surface area contributed by atoms with E-state index >= 15 is 0 Å². The number of hydrogen-bond acceptors (Lipinski definition) is 4. The second kappa shape index (κ2) is 18.1. The number of rotatable bonds is 20. The first-order chi connectivity index (χ1) is 12.2. The Labute approximate surface area is 155 Å². The second-order valence-electron chi connectivity index (χ2n) is 7.11. The summed E-state index contributed by atoms with van der Waals surface area (Å²) < 4.78 is 11.1. The van der Waals surface area contributed by atoms with Crippen LogP contribution in [0.2, 0.25) is 0 Å². The van der Waals surface area contributed by atoms with Crippen molar-refractivity contribution in [1.29, 1.82) is 0 Å². The van der Waals surface area contributed by atoms with Crippen LogP contribution >= 0.6 is 0 Å². The minimum absolute atomic E-state index is 0.130. The van der Waals surface area contributed by atoms with Crippen LogP contribution in [0.4, 0.5) is 0 Å². The van der Waals surface area contributed by atoms with Crippen molar-refractivity contribution in [2.45, 2.75) is 90.9 Å². The van der Waals surface area contributed by atoms with Gasteiger partial charge in [-0.25, -0.2) is 0 Å². The normalized spacial score (nSPS) is 11.6. The summed E-state index contributed by atoms with van der Waals surface area (Å²) in [5.74, 6) is 0. The van der Waals surface area contributed by atoms with Gasteiger partial charge in [0, 0.05) is 13.2 Å². The lowest BCUT2D eigenvalue weighted by Crippen LogP contribution is -2.36. The quantitative estimate of drug-likeness (QED) is 0.172. The van der Waals surface area contributed by atoms with Gasteiger partial charge >= 0.3 is 0 Å². The van der Waals surface area contributed by atoms with Crippen molar-refractivity contribution in [3.63, 3.8) is 0 Å². The van der Waals surface area contributed by atoms with Crippen molar-refractivity contribution in [2.75, 3.05) is 26.4 Å². The van der Waals surface area contributed by atoms with Crippen molar-refractivity contribution in [2.24, 2.45) is 5.41 Å². The molecule has 0 heterocycles. The summed E-state index contributed by atoms with van der Waals surface area (Å²) in [6.07, 6.45) is 15.7. The average Bonchev–Trinajstić information content (AvgIpc) is 2.64. The highest BCUT2D eigenvalue weighted by Crippen LogP contribution is 2.14. The Morgan fingerprint density at radius 2 is 0.960 bits per heavy atom. The lowest BCUT2D eigenvalue weighted by Gasteiger charge is -2.21. The van der Waals surface area contributed by atoms with Gasteiger partial charge in [-0.05, 0) is 12.8 Å². The number of ether oxygens (including phenoxy) is 2. The summed E-state index contributed by atoms with van der Waals surface area (Å²) in [5.41, 5.74) is -1.13. The number of carbonyl (C=O) groups is 2. The minimum Gasteiger partial charge on any atom is -0.380 e. The monoisotopic (exact) mass is 356 g/mol. The van der Waals surface area contributed by atoms with Crippen LogP contribution in [0.25, 0.3) is 0 Å². The minimum atomic E-state index is -1.13. The van der Waals surface area contributed by atoms with E-state index in [2.05, 4.69) is 13.8 Å². The van der Waals surface area contributed by atoms with Crippen molar-refractivity contribution in [3.05, 3.63) is 0 Å². The zero-order chi connectivity index (χ0) is 18.6. The Hall–Kier alpha value is -0.740. The number of unbranched alkanes of at least 4 members (excludes halogenated alkanes) is 10. The molecule has 0 aliphatic rings. The van der Waals surface area contributed by atoms with Crippen LogP contribution in [-0.2, 0) is 19.1 Å². The molecule has 4 nitrogen and oxygen atoms in total. The van der Waals surface area contributed by atoms with Crippen molar-refractivity contribution in [3.8, 4) is 0 Å². The average molecular weight is 357 g/mol. The van der Waals surface area contributed by atoms with Crippen LogP contribution in [-0.4, -0.2) is 39.0 Å². The Balaban J connectivity index is 3.74. The van der Waals surface area contributed by atoms with Gasteiger partial charge in [0.05, 0.1) is 13.2 Å². The van der Waals surface area contributed by atoms with Gasteiger partial charge in [0.25, 0.3) is 0 Å². The van der Waals surface area contributed by atoms with E-state index in [0.29, 0.717) is 25.8 Å². The van der Waals surface area contributed by atoms with Gasteiger partial charge < -0.3 is 19.1 Å². The van der Waals surface area contributed by atoms with E-state index in [1.165, 1.54) is 51.4 Å². The van der Waals surface area contributed by atoms with E-state index in [4.69, 9.17) is 9.47 Å². The smallest absolute Gasteiger partial charge is 0.137 e. The van der Waals surface area contributed by atoms with Crippen LogP contribution in [0.15, 0.2) is 0 Å². The maximum absolute atomic E-state index is 11.3. The van der Waals surface area contributed by atoms with E-state index in [1.54, 1.807) is 0 Å². The predicted molar refractivity (Wildman–Crippen MR) is 103 cm³/mol. The van der Waals surface area contributed by atoms with E-state index in [0.717, 1.165) is 25.7 Å². The number of carbonyl (C=O) groups excluding carboxylic acids is 2. The van der Waals surface area contributed by atoms with Crippen LogP contribution in [0, 0.1) is 5.41 Å². The van der Waals surface area contributed by atoms with Gasteiger partial charge in [0.15, 0.2) is 0 Å². The molecule has 0 saturated heterocycles. The molecule has 0 bridgehead atoms. The molecular formula is C21H40O4. The molecule has 0 spiro atoms. The zero-order valence-electron chi connectivity index (χ0n) is 16.6. The van der Waals surface area contributed by atoms with Gasteiger partial charge in [-0.2, -0.15) is 0 Å². The molecule has 0 aromatic carbocycles. The molecule has 0 aromatic heterocycles. The molecule has 148 valence electrons. The van der Waals surface area contributed by atoms with Gasteiger partial charge in [-0.3, -0.25) is 0 Å². The summed E-state index contributed by atoms with van der Waals surface area (Å²) in [6, 6.07) is 0. The molecule has 0 fully saturated rings. The van der Waals surface area contributed by atoms with E-state index < -0.39 is 5.41 Å². The molecule has 0 rings (SSSR count). The van der Waals surface area contributed by atoms with Gasteiger partial charge in [0.2, 0.25) is 0 Å².